The second-order valence-electron chi connectivity index (χ2n) is 3.94. The van der Waals surface area contributed by atoms with Crippen molar-refractivity contribution in [1.82, 2.24) is 15.0 Å². The SMILES string of the molecule is CCNc1cc(C)nc(-c2cnccc2C)n1. The summed E-state index contributed by atoms with van der Waals surface area (Å²) in [5.74, 6) is 1.59. The first-order valence-electron chi connectivity index (χ1n) is 5.71. The van der Waals surface area contributed by atoms with Gasteiger partial charge in [-0.25, -0.2) is 9.97 Å². The van der Waals surface area contributed by atoms with E-state index in [1.807, 2.05) is 32.9 Å². The predicted molar refractivity (Wildman–Crippen MR) is 68.9 cm³/mol. The van der Waals surface area contributed by atoms with Crippen LogP contribution in [0.25, 0.3) is 11.4 Å². The Morgan fingerprint density at radius 3 is 2.76 bits per heavy atom. The maximum absolute atomic E-state index is 4.49. The summed E-state index contributed by atoms with van der Waals surface area (Å²) in [5.41, 5.74) is 3.07. The monoisotopic (exact) mass is 228 g/mol. The van der Waals surface area contributed by atoms with Crippen molar-refractivity contribution in [2.45, 2.75) is 20.8 Å². The van der Waals surface area contributed by atoms with Crippen LogP contribution in [0.1, 0.15) is 18.2 Å². The molecule has 4 heteroatoms. The Morgan fingerprint density at radius 2 is 2.06 bits per heavy atom. The molecule has 0 amide bonds. The largest absolute Gasteiger partial charge is 0.370 e. The second kappa shape index (κ2) is 4.91. The molecule has 2 aromatic rings. The van der Waals surface area contributed by atoms with Crippen LogP contribution in [0, 0.1) is 13.8 Å². The molecule has 0 saturated heterocycles. The van der Waals surface area contributed by atoms with Gasteiger partial charge in [-0.15, -0.1) is 0 Å². The van der Waals surface area contributed by atoms with E-state index < -0.39 is 0 Å². The molecule has 1 N–H and O–H groups in total. The van der Waals surface area contributed by atoms with Crippen LogP contribution in [0.15, 0.2) is 24.5 Å². The number of aromatic nitrogens is 3. The van der Waals surface area contributed by atoms with Gasteiger partial charge in [-0.05, 0) is 32.4 Å². The molecule has 0 saturated carbocycles. The van der Waals surface area contributed by atoms with Crippen LogP contribution >= 0.6 is 0 Å². The van der Waals surface area contributed by atoms with Gasteiger partial charge in [-0.2, -0.15) is 0 Å². The Morgan fingerprint density at radius 1 is 1.24 bits per heavy atom. The lowest BCUT2D eigenvalue weighted by Gasteiger charge is -2.08. The first-order valence-corrected chi connectivity index (χ1v) is 5.71. The van der Waals surface area contributed by atoms with Crippen LogP contribution in [-0.4, -0.2) is 21.5 Å². The summed E-state index contributed by atoms with van der Waals surface area (Å²) in [5, 5.41) is 3.21. The molecule has 0 aliphatic carbocycles. The molecule has 2 aromatic heterocycles. The summed E-state index contributed by atoms with van der Waals surface area (Å²) in [7, 11) is 0. The lowest BCUT2D eigenvalue weighted by Crippen LogP contribution is -2.03. The molecule has 2 rings (SSSR count). The predicted octanol–water partition coefficient (Wildman–Crippen LogP) is 2.59. The van der Waals surface area contributed by atoms with Gasteiger partial charge in [0.05, 0.1) is 0 Å². The van der Waals surface area contributed by atoms with Crippen LogP contribution in [0.4, 0.5) is 5.82 Å². The zero-order chi connectivity index (χ0) is 12.3. The molecule has 88 valence electrons. The molecule has 0 aromatic carbocycles. The number of anilines is 1. The first-order chi connectivity index (χ1) is 8.20. The van der Waals surface area contributed by atoms with E-state index in [9.17, 15) is 0 Å². The van der Waals surface area contributed by atoms with Crippen molar-refractivity contribution in [2.24, 2.45) is 0 Å². The Bertz CT molecular complexity index is 523. The highest BCUT2D eigenvalue weighted by Crippen LogP contribution is 2.20. The minimum Gasteiger partial charge on any atom is -0.370 e. The Labute approximate surface area is 101 Å². The van der Waals surface area contributed by atoms with Gasteiger partial charge in [-0.1, -0.05) is 0 Å². The lowest BCUT2D eigenvalue weighted by atomic mass is 10.1. The van der Waals surface area contributed by atoms with Crippen molar-refractivity contribution in [3.63, 3.8) is 0 Å². The van der Waals surface area contributed by atoms with Gasteiger partial charge in [0.25, 0.3) is 0 Å². The van der Waals surface area contributed by atoms with Crippen molar-refractivity contribution in [3.8, 4) is 11.4 Å². The van der Waals surface area contributed by atoms with E-state index in [0.717, 1.165) is 35.0 Å². The van der Waals surface area contributed by atoms with E-state index in [4.69, 9.17) is 0 Å². The van der Waals surface area contributed by atoms with Gasteiger partial charge < -0.3 is 5.32 Å². The third-order valence-corrected chi connectivity index (χ3v) is 2.49. The van der Waals surface area contributed by atoms with Crippen LogP contribution in [0.2, 0.25) is 0 Å². The van der Waals surface area contributed by atoms with E-state index >= 15 is 0 Å². The van der Waals surface area contributed by atoms with Crippen LogP contribution < -0.4 is 5.32 Å². The van der Waals surface area contributed by atoms with Gasteiger partial charge in [0, 0.05) is 36.3 Å². The average molecular weight is 228 g/mol. The number of nitrogens with zero attached hydrogens (tertiary/aromatic N) is 3. The second-order valence-corrected chi connectivity index (χ2v) is 3.94. The molecule has 0 aliphatic rings. The maximum atomic E-state index is 4.49. The first kappa shape index (κ1) is 11.5. The van der Waals surface area contributed by atoms with Crippen molar-refractivity contribution >= 4 is 5.82 Å². The van der Waals surface area contributed by atoms with Gasteiger partial charge in [0.1, 0.15) is 5.82 Å². The molecule has 0 spiro atoms. The molecule has 4 nitrogen and oxygen atoms in total. The van der Waals surface area contributed by atoms with Gasteiger partial charge >= 0.3 is 0 Å². The molecule has 0 unspecified atom stereocenters. The third-order valence-electron chi connectivity index (χ3n) is 2.49. The standard InChI is InChI=1S/C13H16N4/c1-4-15-12-7-10(3)16-13(17-12)11-8-14-6-5-9(11)2/h5-8H,4H2,1-3H3,(H,15,16,17). The normalized spacial score (nSPS) is 10.3. The van der Waals surface area contributed by atoms with Crippen molar-refractivity contribution in [1.29, 1.82) is 0 Å². The average Bonchev–Trinajstić information content (AvgIpc) is 2.29. The molecule has 0 aliphatic heterocycles. The fraction of sp³-hybridized carbons (Fsp3) is 0.308. The minimum atomic E-state index is 0.728. The molecule has 17 heavy (non-hydrogen) atoms. The third kappa shape index (κ3) is 2.58. The molecular weight excluding hydrogens is 212 g/mol. The van der Waals surface area contributed by atoms with Gasteiger partial charge in [-0.3, -0.25) is 4.98 Å². The molecular formula is C13H16N4. The Balaban J connectivity index is 2.48. The Kier molecular flexibility index (Phi) is 3.32. The molecule has 0 atom stereocenters. The number of rotatable bonds is 3. The van der Waals surface area contributed by atoms with E-state index in [-0.39, 0.29) is 0 Å². The molecule has 0 bridgehead atoms. The van der Waals surface area contributed by atoms with Crippen LogP contribution in [0.3, 0.4) is 0 Å². The minimum absolute atomic E-state index is 0.728. The molecule has 0 fully saturated rings. The van der Waals surface area contributed by atoms with E-state index in [0.29, 0.717) is 0 Å². The summed E-state index contributed by atoms with van der Waals surface area (Å²) < 4.78 is 0. The van der Waals surface area contributed by atoms with Crippen molar-refractivity contribution in [2.75, 3.05) is 11.9 Å². The van der Waals surface area contributed by atoms with Crippen LogP contribution in [-0.2, 0) is 0 Å². The highest BCUT2D eigenvalue weighted by molar-refractivity contribution is 5.60. The number of aryl methyl sites for hydroxylation is 2. The van der Waals surface area contributed by atoms with Crippen molar-refractivity contribution < 1.29 is 0 Å². The fourth-order valence-corrected chi connectivity index (χ4v) is 1.66. The number of hydrogen-bond donors (Lipinski definition) is 1. The number of hydrogen-bond acceptors (Lipinski definition) is 4. The number of nitrogens with one attached hydrogen (secondary N) is 1. The van der Waals surface area contributed by atoms with Gasteiger partial charge in [0.15, 0.2) is 5.82 Å². The number of pyridine rings is 1. The Hall–Kier alpha value is -1.97. The summed E-state index contributed by atoms with van der Waals surface area (Å²) >= 11 is 0. The molecule has 0 radical (unpaired) electrons. The summed E-state index contributed by atoms with van der Waals surface area (Å²) in [6, 6.07) is 3.91. The highest BCUT2D eigenvalue weighted by atomic mass is 15.0. The quantitative estimate of drug-likeness (QED) is 0.877. The summed E-state index contributed by atoms with van der Waals surface area (Å²) in [4.78, 5) is 13.1. The highest BCUT2D eigenvalue weighted by Gasteiger charge is 2.07. The zero-order valence-corrected chi connectivity index (χ0v) is 10.4. The van der Waals surface area contributed by atoms with E-state index in [1.54, 1.807) is 12.4 Å². The lowest BCUT2D eigenvalue weighted by molar-refractivity contribution is 1.07. The summed E-state index contributed by atoms with van der Waals surface area (Å²) in [6.45, 7) is 6.90. The molecule has 2 heterocycles. The zero-order valence-electron chi connectivity index (χ0n) is 10.4. The van der Waals surface area contributed by atoms with Crippen molar-refractivity contribution in [3.05, 3.63) is 35.8 Å². The maximum Gasteiger partial charge on any atom is 0.163 e. The summed E-state index contributed by atoms with van der Waals surface area (Å²) in [6.07, 6.45) is 3.58. The van der Waals surface area contributed by atoms with Gasteiger partial charge in [0.2, 0.25) is 0 Å². The topological polar surface area (TPSA) is 50.7 Å². The smallest absolute Gasteiger partial charge is 0.163 e. The van der Waals surface area contributed by atoms with E-state index in [2.05, 4.69) is 20.3 Å². The fourth-order valence-electron chi connectivity index (χ4n) is 1.66. The van der Waals surface area contributed by atoms with E-state index in [1.165, 1.54) is 0 Å². The van der Waals surface area contributed by atoms with Crippen LogP contribution in [0.5, 0.6) is 0 Å².